The molecule has 8 heteroatoms. The van der Waals surface area contributed by atoms with Crippen LogP contribution in [0.3, 0.4) is 0 Å². The topological polar surface area (TPSA) is 78.0 Å². The summed E-state index contributed by atoms with van der Waals surface area (Å²) in [6, 6.07) is 3.72. The first-order valence-corrected chi connectivity index (χ1v) is 5.60. The van der Waals surface area contributed by atoms with Gasteiger partial charge in [-0.05, 0) is 19.1 Å². The lowest BCUT2D eigenvalue weighted by Crippen LogP contribution is -2.26. The number of aromatic nitrogens is 1. The fraction of sp³-hybridized carbons (Fsp3) is 0.455. The molecule has 1 rings (SSSR count). The molecule has 1 aromatic rings. The number of alkyl halides is 3. The minimum atomic E-state index is -4.47. The molecule has 0 aliphatic heterocycles. The van der Waals surface area contributed by atoms with E-state index in [1.165, 1.54) is 0 Å². The summed E-state index contributed by atoms with van der Waals surface area (Å²) < 4.78 is 38.2. The standard InChI is InChI=1S/C11H14F3N5/c1-2-19(5-3-4-15)10-7-8(11(12,13)14)6-9(17-10)18-16/h6-7H,2-3,5,16H2,1H3,(H,17,18). The van der Waals surface area contributed by atoms with Gasteiger partial charge in [-0.3, -0.25) is 0 Å². The molecular formula is C11H14F3N5. The normalized spacial score (nSPS) is 10.9. The van der Waals surface area contributed by atoms with Gasteiger partial charge in [0.25, 0.3) is 0 Å². The van der Waals surface area contributed by atoms with Crippen LogP contribution in [-0.4, -0.2) is 18.1 Å². The molecule has 0 aromatic carbocycles. The summed E-state index contributed by atoms with van der Waals surface area (Å²) in [6.45, 7) is 2.53. The van der Waals surface area contributed by atoms with Crippen LogP contribution in [0.2, 0.25) is 0 Å². The monoisotopic (exact) mass is 273 g/mol. The van der Waals surface area contributed by atoms with E-state index in [0.29, 0.717) is 13.1 Å². The number of nitrogens with two attached hydrogens (primary N) is 1. The lowest BCUT2D eigenvalue weighted by atomic mass is 10.2. The van der Waals surface area contributed by atoms with Crippen LogP contribution in [0.4, 0.5) is 24.8 Å². The molecule has 0 spiro atoms. The van der Waals surface area contributed by atoms with Crippen LogP contribution in [0.1, 0.15) is 18.9 Å². The third kappa shape index (κ3) is 3.99. The van der Waals surface area contributed by atoms with Gasteiger partial charge in [-0.25, -0.2) is 10.8 Å². The Kier molecular flexibility index (Phi) is 4.94. The van der Waals surface area contributed by atoms with Crippen molar-refractivity contribution in [2.24, 2.45) is 5.84 Å². The summed E-state index contributed by atoms with van der Waals surface area (Å²) in [7, 11) is 0. The van der Waals surface area contributed by atoms with Crippen molar-refractivity contribution in [1.82, 2.24) is 4.98 Å². The van der Waals surface area contributed by atoms with Gasteiger partial charge in [-0.15, -0.1) is 0 Å². The van der Waals surface area contributed by atoms with Crippen LogP contribution in [0.25, 0.3) is 0 Å². The molecule has 0 aliphatic carbocycles. The van der Waals surface area contributed by atoms with Crippen molar-refractivity contribution >= 4 is 11.6 Å². The highest BCUT2D eigenvalue weighted by molar-refractivity contribution is 5.50. The van der Waals surface area contributed by atoms with Crippen LogP contribution in [0.15, 0.2) is 12.1 Å². The Morgan fingerprint density at radius 1 is 1.47 bits per heavy atom. The Labute approximate surface area is 108 Å². The molecule has 5 nitrogen and oxygen atoms in total. The van der Waals surface area contributed by atoms with Crippen LogP contribution >= 0.6 is 0 Å². The second-order valence-electron chi connectivity index (χ2n) is 3.73. The first-order chi connectivity index (χ1) is 8.92. The van der Waals surface area contributed by atoms with Gasteiger partial charge in [0.1, 0.15) is 11.6 Å². The van der Waals surface area contributed by atoms with Gasteiger partial charge < -0.3 is 10.3 Å². The lowest BCUT2D eigenvalue weighted by Gasteiger charge is -2.22. The minimum absolute atomic E-state index is 0.0692. The van der Waals surface area contributed by atoms with Crippen molar-refractivity contribution in [2.75, 3.05) is 23.4 Å². The zero-order valence-electron chi connectivity index (χ0n) is 10.3. The molecule has 0 bridgehead atoms. The average molecular weight is 273 g/mol. The number of pyridine rings is 1. The van der Waals surface area contributed by atoms with Crippen molar-refractivity contribution in [3.8, 4) is 6.07 Å². The smallest absolute Gasteiger partial charge is 0.356 e. The van der Waals surface area contributed by atoms with Gasteiger partial charge >= 0.3 is 6.18 Å². The predicted octanol–water partition coefficient (Wildman–Crippen LogP) is 2.13. The molecule has 3 N–H and O–H groups in total. The van der Waals surface area contributed by atoms with E-state index >= 15 is 0 Å². The Morgan fingerprint density at radius 3 is 2.63 bits per heavy atom. The molecule has 19 heavy (non-hydrogen) atoms. The van der Waals surface area contributed by atoms with Crippen LogP contribution in [-0.2, 0) is 6.18 Å². The number of rotatable bonds is 5. The highest BCUT2D eigenvalue weighted by atomic mass is 19.4. The van der Waals surface area contributed by atoms with Gasteiger partial charge in [0.05, 0.1) is 18.1 Å². The average Bonchev–Trinajstić information content (AvgIpc) is 2.38. The molecule has 1 heterocycles. The van der Waals surface area contributed by atoms with E-state index in [2.05, 4.69) is 10.4 Å². The quantitative estimate of drug-likeness (QED) is 0.634. The lowest BCUT2D eigenvalue weighted by molar-refractivity contribution is -0.137. The molecular weight excluding hydrogens is 259 g/mol. The van der Waals surface area contributed by atoms with Gasteiger partial charge in [-0.1, -0.05) is 0 Å². The Bertz CT molecular complexity index is 466. The maximum absolute atomic E-state index is 12.7. The predicted molar refractivity (Wildman–Crippen MR) is 65.2 cm³/mol. The number of nitrogens with one attached hydrogen (secondary N) is 1. The van der Waals surface area contributed by atoms with E-state index in [4.69, 9.17) is 11.1 Å². The zero-order valence-corrected chi connectivity index (χ0v) is 10.3. The number of anilines is 2. The van der Waals surface area contributed by atoms with E-state index in [9.17, 15) is 13.2 Å². The summed E-state index contributed by atoms with van der Waals surface area (Å²) >= 11 is 0. The Morgan fingerprint density at radius 2 is 2.16 bits per heavy atom. The van der Waals surface area contributed by atoms with Gasteiger partial charge in [0.15, 0.2) is 0 Å². The Hall–Kier alpha value is -2.01. The van der Waals surface area contributed by atoms with Gasteiger partial charge in [0, 0.05) is 13.1 Å². The Balaban J connectivity index is 3.15. The van der Waals surface area contributed by atoms with Crippen molar-refractivity contribution < 1.29 is 13.2 Å². The fourth-order valence-corrected chi connectivity index (χ4v) is 1.54. The fourth-order valence-electron chi connectivity index (χ4n) is 1.54. The molecule has 0 unspecified atom stereocenters. The highest BCUT2D eigenvalue weighted by Gasteiger charge is 2.32. The van der Waals surface area contributed by atoms with Crippen LogP contribution in [0.5, 0.6) is 0 Å². The summed E-state index contributed by atoms with van der Waals surface area (Å²) in [4.78, 5) is 5.55. The minimum Gasteiger partial charge on any atom is -0.356 e. The molecule has 1 aromatic heterocycles. The summed E-state index contributed by atoms with van der Waals surface area (Å²) in [5, 5.41) is 8.53. The first-order valence-electron chi connectivity index (χ1n) is 5.60. The summed E-state index contributed by atoms with van der Waals surface area (Å²) in [6.07, 6.45) is -4.27. The second kappa shape index (κ2) is 6.24. The molecule has 0 amide bonds. The van der Waals surface area contributed by atoms with E-state index < -0.39 is 11.7 Å². The van der Waals surface area contributed by atoms with E-state index in [-0.39, 0.29) is 18.1 Å². The number of hydrogen-bond donors (Lipinski definition) is 2. The van der Waals surface area contributed by atoms with Crippen molar-refractivity contribution in [3.05, 3.63) is 17.7 Å². The number of hydrogen-bond acceptors (Lipinski definition) is 5. The van der Waals surface area contributed by atoms with E-state index in [1.807, 2.05) is 6.07 Å². The SMILES string of the molecule is CCN(CCC#N)c1cc(C(F)(F)F)cc(NN)n1. The van der Waals surface area contributed by atoms with Crippen LogP contribution < -0.4 is 16.2 Å². The summed E-state index contributed by atoms with van der Waals surface area (Å²) in [5.74, 6) is 5.19. The van der Waals surface area contributed by atoms with Gasteiger partial charge in [-0.2, -0.15) is 18.4 Å². The number of halogens is 3. The first kappa shape index (κ1) is 15.0. The number of nitrogens with zero attached hydrogens (tertiary/aromatic N) is 3. The van der Waals surface area contributed by atoms with Crippen LogP contribution in [0, 0.1) is 11.3 Å². The van der Waals surface area contributed by atoms with Crippen molar-refractivity contribution in [2.45, 2.75) is 19.5 Å². The number of nitrogen functional groups attached to an aromatic ring is 1. The molecule has 0 saturated heterocycles. The molecule has 0 fully saturated rings. The highest BCUT2D eigenvalue weighted by Crippen LogP contribution is 2.32. The van der Waals surface area contributed by atoms with E-state index in [0.717, 1.165) is 12.1 Å². The summed E-state index contributed by atoms with van der Waals surface area (Å²) in [5.41, 5.74) is 1.28. The third-order valence-corrected chi connectivity index (χ3v) is 2.49. The third-order valence-electron chi connectivity index (χ3n) is 2.49. The molecule has 0 radical (unpaired) electrons. The molecule has 104 valence electrons. The second-order valence-corrected chi connectivity index (χ2v) is 3.73. The molecule has 0 atom stereocenters. The maximum Gasteiger partial charge on any atom is 0.416 e. The van der Waals surface area contributed by atoms with Crippen molar-refractivity contribution in [3.63, 3.8) is 0 Å². The molecule has 0 aliphatic rings. The van der Waals surface area contributed by atoms with Gasteiger partial charge in [0.2, 0.25) is 0 Å². The van der Waals surface area contributed by atoms with Crippen molar-refractivity contribution in [1.29, 1.82) is 5.26 Å². The molecule has 0 saturated carbocycles. The largest absolute Gasteiger partial charge is 0.416 e. The number of hydrazine groups is 1. The zero-order chi connectivity index (χ0) is 14.5. The van der Waals surface area contributed by atoms with E-state index in [1.54, 1.807) is 11.8 Å². The maximum atomic E-state index is 12.7. The number of nitriles is 1.